The second-order valence-corrected chi connectivity index (χ2v) is 8.38. The summed E-state index contributed by atoms with van der Waals surface area (Å²) in [5.74, 6) is -0.361. The fraction of sp³-hybridized carbons (Fsp3) is 0.318. The lowest BCUT2D eigenvalue weighted by atomic mass is 10.2. The number of nitrogens with zero attached hydrogens (tertiary/aromatic N) is 3. The lowest BCUT2D eigenvalue weighted by Crippen LogP contribution is -2.49. The Labute approximate surface area is 174 Å². The zero-order chi connectivity index (χ0) is 20.2. The smallest absolute Gasteiger partial charge is 0.293 e. The lowest BCUT2D eigenvalue weighted by Gasteiger charge is -2.35. The highest BCUT2D eigenvalue weighted by molar-refractivity contribution is 8.15. The molecule has 3 amide bonds. The summed E-state index contributed by atoms with van der Waals surface area (Å²) in [6, 6.07) is 19.1. The minimum atomic E-state index is -0.641. The van der Waals surface area contributed by atoms with Gasteiger partial charge < -0.3 is 4.90 Å². The average molecular weight is 410 g/mol. The molecule has 0 aliphatic carbocycles. The van der Waals surface area contributed by atoms with Gasteiger partial charge in [0.25, 0.3) is 5.24 Å². The highest BCUT2D eigenvalue weighted by Gasteiger charge is 2.42. The van der Waals surface area contributed by atoms with Crippen molar-refractivity contribution in [1.29, 1.82) is 0 Å². The molecule has 1 atom stereocenters. The summed E-state index contributed by atoms with van der Waals surface area (Å²) in [5.41, 5.74) is 1.82. The molecule has 2 fully saturated rings. The molecule has 2 aromatic carbocycles. The van der Waals surface area contributed by atoms with E-state index in [0.717, 1.165) is 31.4 Å². The van der Waals surface area contributed by atoms with Crippen molar-refractivity contribution in [2.75, 3.05) is 31.1 Å². The number of piperazine rings is 1. The van der Waals surface area contributed by atoms with Crippen LogP contribution in [0.3, 0.4) is 0 Å². The molecule has 0 unspecified atom stereocenters. The largest absolute Gasteiger partial charge is 0.340 e. The molecule has 29 heavy (non-hydrogen) atoms. The predicted molar refractivity (Wildman–Crippen MR) is 114 cm³/mol. The van der Waals surface area contributed by atoms with Crippen LogP contribution >= 0.6 is 11.8 Å². The zero-order valence-electron chi connectivity index (χ0n) is 16.1. The first kappa shape index (κ1) is 19.7. The van der Waals surface area contributed by atoms with Gasteiger partial charge in [-0.05, 0) is 29.5 Å². The average Bonchev–Trinajstić information content (AvgIpc) is 3.03. The lowest BCUT2D eigenvalue weighted by molar-refractivity contribution is -0.134. The Morgan fingerprint density at radius 1 is 0.897 bits per heavy atom. The van der Waals surface area contributed by atoms with E-state index in [9.17, 15) is 14.4 Å². The van der Waals surface area contributed by atoms with E-state index in [2.05, 4.69) is 17.0 Å². The number of hydrogen-bond donors (Lipinski definition) is 0. The van der Waals surface area contributed by atoms with Gasteiger partial charge in [-0.3, -0.25) is 19.3 Å². The highest BCUT2D eigenvalue weighted by atomic mass is 32.2. The maximum Gasteiger partial charge on any atom is 0.293 e. The normalized spacial score (nSPS) is 20.3. The fourth-order valence-corrected chi connectivity index (χ4v) is 4.66. The summed E-state index contributed by atoms with van der Waals surface area (Å²) in [7, 11) is 0. The minimum Gasteiger partial charge on any atom is -0.340 e. The van der Waals surface area contributed by atoms with Crippen molar-refractivity contribution in [3.8, 4) is 0 Å². The van der Waals surface area contributed by atoms with Gasteiger partial charge in [0.05, 0.1) is 5.69 Å². The molecular formula is C22H23N3O3S. The van der Waals surface area contributed by atoms with Crippen LogP contribution in [0.2, 0.25) is 0 Å². The maximum atomic E-state index is 12.7. The molecule has 2 aromatic rings. The van der Waals surface area contributed by atoms with Gasteiger partial charge in [0, 0.05) is 39.1 Å². The second-order valence-electron chi connectivity index (χ2n) is 7.23. The molecule has 150 valence electrons. The zero-order valence-corrected chi connectivity index (χ0v) is 16.9. The van der Waals surface area contributed by atoms with Crippen molar-refractivity contribution in [2.24, 2.45) is 0 Å². The topological polar surface area (TPSA) is 60.9 Å². The van der Waals surface area contributed by atoms with Gasteiger partial charge in [-0.2, -0.15) is 0 Å². The third-order valence-corrected chi connectivity index (χ3v) is 6.31. The molecule has 0 radical (unpaired) electrons. The summed E-state index contributed by atoms with van der Waals surface area (Å²) < 4.78 is 0. The first-order valence-electron chi connectivity index (χ1n) is 9.75. The summed E-state index contributed by atoms with van der Waals surface area (Å²) in [6.45, 7) is 3.78. The Morgan fingerprint density at radius 3 is 2.17 bits per heavy atom. The van der Waals surface area contributed by atoms with E-state index in [1.807, 2.05) is 29.2 Å². The summed E-state index contributed by atoms with van der Waals surface area (Å²) in [4.78, 5) is 43.0. The van der Waals surface area contributed by atoms with E-state index >= 15 is 0 Å². The third-order valence-electron chi connectivity index (χ3n) is 5.27. The number of para-hydroxylation sites is 1. The molecule has 0 aromatic heterocycles. The van der Waals surface area contributed by atoms with Crippen LogP contribution in [0.4, 0.5) is 10.5 Å². The van der Waals surface area contributed by atoms with Gasteiger partial charge in [-0.25, -0.2) is 4.90 Å². The number of hydrogen-bond acceptors (Lipinski definition) is 5. The third kappa shape index (κ3) is 4.52. The van der Waals surface area contributed by atoms with E-state index in [-0.39, 0.29) is 23.5 Å². The van der Waals surface area contributed by atoms with Crippen LogP contribution in [-0.4, -0.2) is 58.3 Å². The first-order chi connectivity index (χ1) is 14.1. The van der Waals surface area contributed by atoms with Crippen molar-refractivity contribution in [1.82, 2.24) is 9.80 Å². The van der Waals surface area contributed by atoms with Gasteiger partial charge in [-0.15, -0.1) is 0 Å². The minimum absolute atomic E-state index is 0.0575. The number of rotatable bonds is 5. The molecule has 7 heteroatoms. The molecule has 0 saturated carbocycles. The SMILES string of the molecule is O=C(C[C@@H]1SC(=O)N(c2ccccc2)C1=O)N1CCN(Cc2ccccc2)CC1. The molecule has 0 bridgehead atoms. The second kappa shape index (κ2) is 8.80. The molecular weight excluding hydrogens is 386 g/mol. The number of amides is 3. The number of carbonyl (C=O) groups is 3. The number of benzene rings is 2. The molecule has 2 aliphatic rings. The number of carbonyl (C=O) groups excluding carboxylic acids is 3. The molecule has 2 aliphatic heterocycles. The Balaban J connectivity index is 1.30. The van der Waals surface area contributed by atoms with Gasteiger partial charge in [0.1, 0.15) is 5.25 Å². The van der Waals surface area contributed by atoms with E-state index in [0.29, 0.717) is 18.8 Å². The van der Waals surface area contributed by atoms with Gasteiger partial charge in [0.15, 0.2) is 0 Å². The van der Waals surface area contributed by atoms with Crippen LogP contribution in [0.1, 0.15) is 12.0 Å². The summed E-state index contributed by atoms with van der Waals surface area (Å²) >= 11 is 0.951. The number of thioether (sulfide) groups is 1. The monoisotopic (exact) mass is 409 g/mol. The van der Waals surface area contributed by atoms with Crippen molar-refractivity contribution in [3.05, 3.63) is 66.2 Å². The fourth-order valence-electron chi connectivity index (χ4n) is 3.68. The summed E-state index contributed by atoms with van der Waals surface area (Å²) in [6.07, 6.45) is 0.0667. The van der Waals surface area contributed by atoms with Gasteiger partial charge in [0.2, 0.25) is 11.8 Å². The van der Waals surface area contributed by atoms with Crippen LogP contribution < -0.4 is 4.90 Å². The number of imide groups is 1. The van der Waals surface area contributed by atoms with Gasteiger partial charge >= 0.3 is 0 Å². The standard InChI is InChI=1S/C22H23N3O3S/c26-20(24-13-11-23(12-14-24)16-17-7-3-1-4-8-17)15-19-21(27)25(22(28)29-19)18-9-5-2-6-10-18/h1-10,19H,11-16H2/t19-/m0/s1. The maximum absolute atomic E-state index is 12.7. The molecule has 2 heterocycles. The van der Waals surface area contributed by atoms with Crippen LogP contribution in [0.25, 0.3) is 0 Å². The van der Waals surface area contributed by atoms with Crippen LogP contribution in [0.15, 0.2) is 60.7 Å². The molecule has 0 spiro atoms. The Bertz CT molecular complexity index is 883. The van der Waals surface area contributed by atoms with Crippen LogP contribution in [0, 0.1) is 0 Å². The molecule has 2 saturated heterocycles. The summed E-state index contributed by atoms with van der Waals surface area (Å²) in [5, 5.41) is -0.954. The predicted octanol–water partition coefficient (Wildman–Crippen LogP) is 2.99. The van der Waals surface area contributed by atoms with Crippen molar-refractivity contribution in [3.63, 3.8) is 0 Å². The van der Waals surface area contributed by atoms with Crippen molar-refractivity contribution >= 4 is 34.5 Å². The highest BCUT2D eigenvalue weighted by Crippen LogP contribution is 2.33. The van der Waals surface area contributed by atoms with Crippen LogP contribution in [0.5, 0.6) is 0 Å². The molecule has 6 nitrogen and oxygen atoms in total. The van der Waals surface area contributed by atoms with Crippen molar-refractivity contribution in [2.45, 2.75) is 18.2 Å². The van der Waals surface area contributed by atoms with Crippen LogP contribution in [-0.2, 0) is 16.1 Å². The number of anilines is 1. The Hall–Kier alpha value is -2.64. The van der Waals surface area contributed by atoms with E-state index < -0.39 is 5.25 Å². The van der Waals surface area contributed by atoms with E-state index in [1.54, 1.807) is 24.3 Å². The first-order valence-corrected chi connectivity index (χ1v) is 10.6. The quantitative estimate of drug-likeness (QED) is 0.760. The van der Waals surface area contributed by atoms with E-state index in [4.69, 9.17) is 0 Å². The molecule has 4 rings (SSSR count). The Kier molecular flexibility index (Phi) is 5.97. The van der Waals surface area contributed by atoms with E-state index in [1.165, 1.54) is 10.5 Å². The van der Waals surface area contributed by atoms with Gasteiger partial charge in [-0.1, -0.05) is 48.5 Å². The molecule has 0 N–H and O–H groups in total. The Morgan fingerprint density at radius 2 is 1.52 bits per heavy atom. The van der Waals surface area contributed by atoms with Crippen molar-refractivity contribution < 1.29 is 14.4 Å².